The van der Waals surface area contributed by atoms with Gasteiger partial charge < -0.3 is 10.1 Å². The molecule has 0 spiro atoms. The molecule has 0 aliphatic rings. The van der Waals surface area contributed by atoms with Crippen molar-refractivity contribution >= 4 is 22.5 Å². The van der Waals surface area contributed by atoms with Crippen molar-refractivity contribution in [3.63, 3.8) is 0 Å². The molecule has 1 amide bonds. The number of amides is 1. The van der Waals surface area contributed by atoms with Crippen molar-refractivity contribution < 1.29 is 9.53 Å². The van der Waals surface area contributed by atoms with Gasteiger partial charge in [0, 0.05) is 17.3 Å². The standard InChI is InChI=1S/C18H16N2O2/c1-13-6-2-3-9-15(13)20-17(21)12-22-16-10-4-7-14-8-5-11-19-18(14)16/h2-11H,12H2,1H3,(H,20,21). The van der Waals surface area contributed by atoms with Crippen LogP contribution < -0.4 is 10.1 Å². The van der Waals surface area contributed by atoms with E-state index < -0.39 is 0 Å². The van der Waals surface area contributed by atoms with Gasteiger partial charge in [-0.25, -0.2) is 0 Å². The zero-order chi connectivity index (χ0) is 15.4. The zero-order valence-corrected chi connectivity index (χ0v) is 12.2. The SMILES string of the molecule is Cc1ccccc1NC(=O)COc1cccc2cccnc12. The van der Waals surface area contributed by atoms with E-state index in [0.29, 0.717) is 5.75 Å². The Bertz CT molecular complexity index is 810. The Balaban J connectivity index is 1.69. The molecule has 1 aromatic heterocycles. The van der Waals surface area contributed by atoms with Gasteiger partial charge in [-0.3, -0.25) is 9.78 Å². The number of nitrogens with one attached hydrogen (secondary N) is 1. The highest BCUT2D eigenvalue weighted by molar-refractivity contribution is 5.93. The normalized spacial score (nSPS) is 10.4. The lowest BCUT2D eigenvalue weighted by Crippen LogP contribution is -2.20. The van der Waals surface area contributed by atoms with Crippen LogP contribution in [0.15, 0.2) is 60.8 Å². The van der Waals surface area contributed by atoms with E-state index in [1.807, 2.05) is 61.5 Å². The number of aromatic nitrogens is 1. The van der Waals surface area contributed by atoms with E-state index in [-0.39, 0.29) is 12.5 Å². The fourth-order valence-electron chi connectivity index (χ4n) is 2.24. The molecule has 0 saturated heterocycles. The molecule has 0 radical (unpaired) electrons. The van der Waals surface area contributed by atoms with Crippen molar-refractivity contribution in [1.82, 2.24) is 4.98 Å². The summed E-state index contributed by atoms with van der Waals surface area (Å²) in [6.07, 6.45) is 1.71. The fourth-order valence-corrected chi connectivity index (χ4v) is 2.24. The average molecular weight is 292 g/mol. The van der Waals surface area contributed by atoms with Gasteiger partial charge in [0.15, 0.2) is 6.61 Å². The number of hydrogen-bond acceptors (Lipinski definition) is 3. The van der Waals surface area contributed by atoms with E-state index in [2.05, 4.69) is 10.3 Å². The first-order chi connectivity index (χ1) is 10.7. The number of anilines is 1. The molecule has 3 rings (SSSR count). The fraction of sp³-hybridized carbons (Fsp3) is 0.111. The Hall–Kier alpha value is -2.88. The minimum atomic E-state index is -0.192. The summed E-state index contributed by atoms with van der Waals surface area (Å²) < 4.78 is 5.62. The summed E-state index contributed by atoms with van der Waals surface area (Å²) in [6.45, 7) is 1.90. The first-order valence-corrected chi connectivity index (χ1v) is 7.06. The predicted molar refractivity (Wildman–Crippen MR) is 87.0 cm³/mol. The van der Waals surface area contributed by atoms with Crippen molar-refractivity contribution in [2.75, 3.05) is 11.9 Å². The number of pyridine rings is 1. The van der Waals surface area contributed by atoms with Crippen molar-refractivity contribution in [1.29, 1.82) is 0 Å². The molecule has 22 heavy (non-hydrogen) atoms. The Morgan fingerprint density at radius 1 is 1.09 bits per heavy atom. The Morgan fingerprint density at radius 2 is 1.91 bits per heavy atom. The molecule has 0 atom stereocenters. The zero-order valence-electron chi connectivity index (χ0n) is 12.2. The molecule has 0 saturated carbocycles. The van der Waals surface area contributed by atoms with E-state index in [0.717, 1.165) is 22.2 Å². The summed E-state index contributed by atoms with van der Waals surface area (Å²) in [6, 6.07) is 17.1. The van der Waals surface area contributed by atoms with Crippen LogP contribution in [0.5, 0.6) is 5.75 Å². The molecule has 0 unspecified atom stereocenters. The number of benzene rings is 2. The molecule has 4 nitrogen and oxygen atoms in total. The maximum atomic E-state index is 12.0. The van der Waals surface area contributed by atoms with Crippen LogP contribution in [0.25, 0.3) is 10.9 Å². The Morgan fingerprint density at radius 3 is 2.77 bits per heavy atom. The summed E-state index contributed by atoms with van der Waals surface area (Å²) in [5.41, 5.74) is 2.57. The minimum absolute atomic E-state index is 0.0516. The number of carbonyl (C=O) groups is 1. The first kappa shape index (κ1) is 14.1. The van der Waals surface area contributed by atoms with Gasteiger partial charge in [-0.2, -0.15) is 0 Å². The maximum absolute atomic E-state index is 12.0. The number of hydrogen-bond donors (Lipinski definition) is 1. The maximum Gasteiger partial charge on any atom is 0.262 e. The van der Waals surface area contributed by atoms with E-state index in [4.69, 9.17) is 4.74 Å². The highest BCUT2D eigenvalue weighted by Crippen LogP contribution is 2.22. The molecule has 0 fully saturated rings. The van der Waals surface area contributed by atoms with Crippen molar-refractivity contribution in [3.05, 3.63) is 66.4 Å². The molecule has 0 bridgehead atoms. The van der Waals surface area contributed by atoms with Crippen LogP contribution in [0.3, 0.4) is 0 Å². The van der Waals surface area contributed by atoms with Crippen LogP contribution in [0, 0.1) is 6.92 Å². The molecule has 2 aromatic carbocycles. The second-order valence-electron chi connectivity index (χ2n) is 4.98. The number of nitrogens with zero attached hydrogens (tertiary/aromatic N) is 1. The molecule has 3 aromatic rings. The van der Waals surface area contributed by atoms with Gasteiger partial charge in [-0.1, -0.05) is 36.4 Å². The quantitative estimate of drug-likeness (QED) is 0.800. The van der Waals surface area contributed by atoms with E-state index >= 15 is 0 Å². The third-order valence-corrected chi connectivity index (χ3v) is 3.37. The van der Waals surface area contributed by atoms with Gasteiger partial charge in [-0.05, 0) is 30.7 Å². The largest absolute Gasteiger partial charge is 0.481 e. The molecule has 4 heteroatoms. The van der Waals surface area contributed by atoms with Crippen LogP contribution in [0.1, 0.15) is 5.56 Å². The van der Waals surface area contributed by atoms with Crippen molar-refractivity contribution in [3.8, 4) is 5.75 Å². The number of fused-ring (bicyclic) bond motifs is 1. The predicted octanol–water partition coefficient (Wildman–Crippen LogP) is 3.56. The smallest absolute Gasteiger partial charge is 0.262 e. The van der Waals surface area contributed by atoms with Crippen molar-refractivity contribution in [2.24, 2.45) is 0 Å². The van der Waals surface area contributed by atoms with Gasteiger partial charge in [0.1, 0.15) is 11.3 Å². The van der Waals surface area contributed by atoms with Gasteiger partial charge in [0.25, 0.3) is 5.91 Å². The van der Waals surface area contributed by atoms with E-state index in [9.17, 15) is 4.79 Å². The van der Waals surface area contributed by atoms with Crippen LogP contribution >= 0.6 is 0 Å². The monoisotopic (exact) mass is 292 g/mol. The highest BCUT2D eigenvalue weighted by Gasteiger charge is 2.07. The number of rotatable bonds is 4. The lowest BCUT2D eigenvalue weighted by molar-refractivity contribution is -0.118. The van der Waals surface area contributed by atoms with Gasteiger partial charge >= 0.3 is 0 Å². The van der Waals surface area contributed by atoms with Gasteiger partial charge in [0.2, 0.25) is 0 Å². The number of carbonyl (C=O) groups excluding carboxylic acids is 1. The number of para-hydroxylation sites is 2. The number of ether oxygens (including phenoxy) is 1. The molecule has 0 aliphatic carbocycles. The summed E-state index contributed by atoms with van der Waals surface area (Å²) in [4.78, 5) is 16.3. The summed E-state index contributed by atoms with van der Waals surface area (Å²) in [7, 11) is 0. The molecule has 110 valence electrons. The van der Waals surface area contributed by atoms with Crippen LogP contribution in [-0.2, 0) is 4.79 Å². The van der Waals surface area contributed by atoms with Crippen LogP contribution in [0.2, 0.25) is 0 Å². The van der Waals surface area contributed by atoms with E-state index in [1.54, 1.807) is 6.20 Å². The average Bonchev–Trinajstić information content (AvgIpc) is 2.55. The van der Waals surface area contributed by atoms with Crippen LogP contribution in [0.4, 0.5) is 5.69 Å². The molecule has 0 aliphatic heterocycles. The Kier molecular flexibility index (Phi) is 4.01. The topological polar surface area (TPSA) is 51.2 Å². The van der Waals surface area contributed by atoms with Gasteiger partial charge in [0.05, 0.1) is 0 Å². The lowest BCUT2D eigenvalue weighted by Gasteiger charge is -2.10. The molecular weight excluding hydrogens is 276 g/mol. The first-order valence-electron chi connectivity index (χ1n) is 7.06. The summed E-state index contributed by atoms with van der Waals surface area (Å²) >= 11 is 0. The Labute approximate surface area is 128 Å². The second-order valence-corrected chi connectivity index (χ2v) is 4.98. The minimum Gasteiger partial charge on any atom is -0.481 e. The lowest BCUT2D eigenvalue weighted by atomic mass is 10.2. The van der Waals surface area contributed by atoms with Crippen LogP contribution in [-0.4, -0.2) is 17.5 Å². The molecule has 1 heterocycles. The molecule has 1 N–H and O–H groups in total. The second kappa shape index (κ2) is 6.26. The van der Waals surface area contributed by atoms with Gasteiger partial charge in [-0.15, -0.1) is 0 Å². The summed E-state index contributed by atoms with van der Waals surface area (Å²) in [5, 5.41) is 3.83. The number of aryl methyl sites for hydroxylation is 1. The third-order valence-electron chi connectivity index (χ3n) is 3.37. The molecular formula is C18H16N2O2. The van der Waals surface area contributed by atoms with Crippen molar-refractivity contribution in [2.45, 2.75) is 6.92 Å². The summed E-state index contributed by atoms with van der Waals surface area (Å²) in [5.74, 6) is 0.417. The third kappa shape index (κ3) is 3.06. The highest BCUT2D eigenvalue weighted by atomic mass is 16.5. The van der Waals surface area contributed by atoms with E-state index in [1.165, 1.54) is 0 Å².